The van der Waals surface area contributed by atoms with Crippen LogP contribution in [0.4, 0.5) is 0 Å². The summed E-state index contributed by atoms with van der Waals surface area (Å²) in [5.74, 6) is -2.63. The van der Waals surface area contributed by atoms with Gasteiger partial charge in [-0.25, -0.2) is 14.4 Å². The summed E-state index contributed by atoms with van der Waals surface area (Å²) in [5.41, 5.74) is -1.30. The standard InChI is InChI=1S/C22H34O8Si/c1-7-18(23)27-14-22(15-28-19(24)8-2,16-29-20(25)9-3)17-30-21(26)12-10-11-13-31(4,5)6/h7-9H,1-3,10-17H2,4-6H3. The molecule has 0 aromatic rings. The summed E-state index contributed by atoms with van der Waals surface area (Å²) in [7, 11) is -1.17. The molecule has 8 nitrogen and oxygen atoms in total. The molecule has 0 heterocycles. The van der Waals surface area contributed by atoms with Crippen LogP contribution in [0.25, 0.3) is 0 Å². The lowest BCUT2D eigenvalue weighted by Crippen LogP contribution is -2.43. The predicted octanol–water partition coefficient (Wildman–Crippen LogP) is 3.21. The number of carbonyl (C=O) groups is 4. The summed E-state index contributed by atoms with van der Waals surface area (Å²) >= 11 is 0. The zero-order chi connectivity index (χ0) is 23.9. The molecule has 0 saturated carbocycles. The third-order valence-corrected chi connectivity index (χ3v) is 6.01. The van der Waals surface area contributed by atoms with Gasteiger partial charge in [0.2, 0.25) is 0 Å². The molecule has 0 unspecified atom stereocenters. The fourth-order valence-corrected chi connectivity index (χ4v) is 3.64. The van der Waals surface area contributed by atoms with Gasteiger partial charge in [-0.15, -0.1) is 0 Å². The molecule has 0 fully saturated rings. The number of carbonyl (C=O) groups excluding carboxylic acids is 4. The van der Waals surface area contributed by atoms with Crippen LogP contribution in [0.3, 0.4) is 0 Å². The number of ether oxygens (including phenoxy) is 4. The van der Waals surface area contributed by atoms with Crippen molar-refractivity contribution in [1.29, 1.82) is 0 Å². The average molecular weight is 455 g/mol. The lowest BCUT2D eigenvalue weighted by molar-refractivity contribution is -0.166. The first-order valence-electron chi connectivity index (χ1n) is 10.00. The minimum Gasteiger partial charge on any atom is -0.465 e. The molecule has 0 rings (SSSR count). The first kappa shape index (κ1) is 28.3. The van der Waals surface area contributed by atoms with Crippen LogP contribution in [0, 0.1) is 5.41 Å². The van der Waals surface area contributed by atoms with E-state index in [9.17, 15) is 19.2 Å². The monoisotopic (exact) mass is 454 g/mol. The van der Waals surface area contributed by atoms with Gasteiger partial charge in [-0.05, 0) is 6.42 Å². The van der Waals surface area contributed by atoms with Gasteiger partial charge in [0.05, 0.1) is 0 Å². The molecule has 0 aliphatic heterocycles. The van der Waals surface area contributed by atoms with Crippen molar-refractivity contribution in [2.24, 2.45) is 5.41 Å². The highest BCUT2D eigenvalue weighted by Crippen LogP contribution is 2.22. The molecule has 0 N–H and O–H groups in total. The van der Waals surface area contributed by atoms with E-state index in [2.05, 4.69) is 39.4 Å². The van der Waals surface area contributed by atoms with Gasteiger partial charge < -0.3 is 18.9 Å². The molecule has 31 heavy (non-hydrogen) atoms. The highest BCUT2D eigenvalue weighted by Gasteiger charge is 2.37. The number of hydrogen-bond donors (Lipinski definition) is 0. The third-order valence-electron chi connectivity index (χ3n) is 4.16. The van der Waals surface area contributed by atoms with Gasteiger partial charge in [0.25, 0.3) is 0 Å². The summed E-state index contributed by atoms with van der Waals surface area (Å²) in [6.45, 7) is 15.4. The Morgan fingerprint density at radius 1 is 0.710 bits per heavy atom. The Labute approximate surface area is 185 Å². The molecule has 0 radical (unpaired) electrons. The van der Waals surface area contributed by atoms with Crippen molar-refractivity contribution in [3.8, 4) is 0 Å². The topological polar surface area (TPSA) is 105 Å². The Hall–Kier alpha value is -2.68. The fraction of sp³-hybridized carbons (Fsp3) is 0.545. The van der Waals surface area contributed by atoms with Crippen LogP contribution in [0.15, 0.2) is 38.0 Å². The van der Waals surface area contributed by atoms with Crippen molar-refractivity contribution < 1.29 is 38.1 Å². The molecule has 0 aromatic carbocycles. The van der Waals surface area contributed by atoms with Crippen molar-refractivity contribution in [3.05, 3.63) is 38.0 Å². The van der Waals surface area contributed by atoms with Gasteiger partial charge in [0, 0.05) is 32.7 Å². The van der Waals surface area contributed by atoms with E-state index in [1.807, 2.05) is 0 Å². The minimum absolute atomic E-state index is 0.228. The number of esters is 4. The molecular formula is C22H34O8Si. The van der Waals surface area contributed by atoms with E-state index in [0.29, 0.717) is 6.42 Å². The van der Waals surface area contributed by atoms with Crippen LogP contribution in [0.5, 0.6) is 0 Å². The van der Waals surface area contributed by atoms with E-state index in [1.54, 1.807) is 0 Å². The van der Waals surface area contributed by atoms with Crippen LogP contribution in [0.1, 0.15) is 19.3 Å². The summed E-state index contributed by atoms with van der Waals surface area (Å²) in [6, 6.07) is 1.11. The maximum Gasteiger partial charge on any atom is 0.330 e. The molecular weight excluding hydrogens is 420 g/mol. The van der Waals surface area contributed by atoms with Crippen molar-refractivity contribution in [2.75, 3.05) is 26.4 Å². The lowest BCUT2D eigenvalue weighted by atomic mass is 9.92. The van der Waals surface area contributed by atoms with E-state index >= 15 is 0 Å². The first-order valence-corrected chi connectivity index (χ1v) is 13.7. The second kappa shape index (κ2) is 14.3. The molecule has 0 aliphatic carbocycles. The SMILES string of the molecule is C=CC(=O)OCC(COC(=O)C=C)(COC(=O)C=C)COC(=O)CCCC[Si](C)(C)C. The number of rotatable bonds is 16. The fourth-order valence-electron chi connectivity index (χ4n) is 2.33. The van der Waals surface area contributed by atoms with Gasteiger partial charge in [0.1, 0.15) is 31.8 Å². The van der Waals surface area contributed by atoms with E-state index in [4.69, 9.17) is 18.9 Å². The maximum atomic E-state index is 12.2. The van der Waals surface area contributed by atoms with Crippen molar-refractivity contribution in [1.82, 2.24) is 0 Å². The molecule has 174 valence electrons. The zero-order valence-corrected chi connectivity index (χ0v) is 19.8. The molecule has 0 aromatic heterocycles. The van der Waals surface area contributed by atoms with Crippen LogP contribution in [0.2, 0.25) is 25.7 Å². The maximum absolute atomic E-state index is 12.2. The van der Waals surface area contributed by atoms with E-state index in [1.165, 1.54) is 0 Å². The van der Waals surface area contributed by atoms with Crippen molar-refractivity contribution >= 4 is 32.0 Å². The highest BCUT2D eigenvalue weighted by molar-refractivity contribution is 6.76. The van der Waals surface area contributed by atoms with E-state index in [0.717, 1.165) is 30.7 Å². The summed E-state index contributed by atoms with van der Waals surface area (Å²) < 4.78 is 20.6. The van der Waals surface area contributed by atoms with Gasteiger partial charge in [-0.2, -0.15) is 0 Å². The molecule has 0 aliphatic rings. The minimum atomic E-state index is -1.30. The molecule has 0 bridgehead atoms. The van der Waals surface area contributed by atoms with Crippen LogP contribution < -0.4 is 0 Å². The van der Waals surface area contributed by atoms with Crippen molar-refractivity contribution in [2.45, 2.75) is 44.9 Å². The Balaban J connectivity index is 5.19. The van der Waals surface area contributed by atoms with E-state index < -0.39 is 37.4 Å². The van der Waals surface area contributed by atoms with Crippen LogP contribution in [-0.4, -0.2) is 58.4 Å². The Bertz CT molecular complexity index is 603. The van der Waals surface area contributed by atoms with E-state index in [-0.39, 0.29) is 32.8 Å². The lowest BCUT2D eigenvalue weighted by Gasteiger charge is -2.31. The van der Waals surface area contributed by atoms with Gasteiger partial charge in [-0.3, -0.25) is 4.79 Å². The average Bonchev–Trinajstić information content (AvgIpc) is 2.74. The second-order valence-corrected chi connectivity index (χ2v) is 14.0. The summed E-state index contributed by atoms with van der Waals surface area (Å²) in [4.78, 5) is 46.9. The number of unbranched alkanes of at least 4 members (excludes halogenated alkanes) is 1. The summed E-state index contributed by atoms with van der Waals surface area (Å²) in [6.07, 6.45) is 4.73. The second-order valence-electron chi connectivity index (χ2n) is 8.36. The highest BCUT2D eigenvalue weighted by atomic mass is 28.3. The summed E-state index contributed by atoms with van der Waals surface area (Å²) in [5, 5.41) is 0. The smallest absolute Gasteiger partial charge is 0.330 e. The molecule has 0 saturated heterocycles. The normalized spacial score (nSPS) is 11.1. The quantitative estimate of drug-likeness (QED) is 0.115. The third kappa shape index (κ3) is 14.0. The largest absolute Gasteiger partial charge is 0.465 e. The van der Waals surface area contributed by atoms with Crippen LogP contribution in [-0.2, 0) is 38.1 Å². The molecule has 9 heteroatoms. The Morgan fingerprint density at radius 3 is 1.45 bits per heavy atom. The molecule has 0 amide bonds. The van der Waals surface area contributed by atoms with Gasteiger partial charge >= 0.3 is 23.9 Å². The van der Waals surface area contributed by atoms with Gasteiger partial charge in [0.15, 0.2) is 0 Å². The Kier molecular flexibility index (Phi) is 13.1. The Morgan fingerprint density at radius 2 is 1.10 bits per heavy atom. The van der Waals surface area contributed by atoms with Crippen LogP contribution >= 0.6 is 0 Å². The van der Waals surface area contributed by atoms with Crippen molar-refractivity contribution in [3.63, 3.8) is 0 Å². The molecule has 0 spiro atoms. The zero-order valence-electron chi connectivity index (χ0n) is 18.8. The molecule has 0 atom stereocenters. The van der Waals surface area contributed by atoms with Gasteiger partial charge in [-0.1, -0.05) is 51.8 Å². The first-order chi connectivity index (χ1) is 14.5. The number of hydrogen-bond acceptors (Lipinski definition) is 8. The predicted molar refractivity (Wildman–Crippen MR) is 119 cm³/mol.